The fraction of sp³-hybridized carbons (Fsp3) is 0.333. The van der Waals surface area contributed by atoms with Gasteiger partial charge < -0.3 is 19.8 Å². The maximum absolute atomic E-state index is 12.2. The van der Waals surface area contributed by atoms with E-state index in [1.165, 1.54) is 0 Å². The molecule has 0 saturated heterocycles. The molecule has 6 heteroatoms. The third-order valence-corrected chi connectivity index (χ3v) is 3.80. The summed E-state index contributed by atoms with van der Waals surface area (Å²) in [6.07, 6.45) is 0.163. The van der Waals surface area contributed by atoms with Gasteiger partial charge in [-0.15, -0.1) is 0 Å². The molecule has 1 aromatic heterocycles. The predicted molar refractivity (Wildman–Crippen MR) is 91.6 cm³/mol. The first kappa shape index (κ1) is 17.6. The molecule has 0 saturated carbocycles. The number of benzene rings is 1. The van der Waals surface area contributed by atoms with Crippen LogP contribution < -0.4 is 20.3 Å². The Morgan fingerprint density at radius 1 is 1.17 bits per heavy atom. The monoisotopic (exact) mass is 330 g/mol. The lowest BCUT2D eigenvalue weighted by Gasteiger charge is -2.11. The highest BCUT2D eigenvalue weighted by molar-refractivity contribution is 5.79. The van der Waals surface area contributed by atoms with Crippen molar-refractivity contribution in [1.82, 2.24) is 10.3 Å². The summed E-state index contributed by atoms with van der Waals surface area (Å²) in [5.74, 6) is 1.07. The molecule has 0 unspecified atom stereocenters. The second-order valence-corrected chi connectivity index (χ2v) is 5.57. The lowest BCUT2D eigenvalue weighted by atomic mass is 10.1. The van der Waals surface area contributed by atoms with Gasteiger partial charge in [0, 0.05) is 29.4 Å². The van der Waals surface area contributed by atoms with Gasteiger partial charge >= 0.3 is 0 Å². The second kappa shape index (κ2) is 7.68. The normalized spacial score (nSPS) is 10.3. The molecular weight excluding hydrogens is 308 g/mol. The molecule has 0 spiro atoms. The molecular formula is C18H22N2O4. The predicted octanol–water partition coefficient (Wildman–Crippen LogP) is 1.87. The number of pyridine rings is 1. The molecule has 128 valence electrons. The first-order valence-electron chi connectivity index (χ1n) is 7.61. The maximum Gasteiger partial charge on any atom is 0.253 e. The van der Waals surface area contributed by atoms with E-state index in [-0.39, 0.29) is 24.4 Å². The number of rotatable bonds is 6. The molecule has 1 heterocycles. The van der Waals surface area contributed by atoms with Crippen molar-refractivity contribution in [2.75, 3.05) is 14.2 Å². The molecule has 0 bridgehead atoms. The van der Waals surface area contributed by atoms with Crippen LogP contribution in [0.25, 0.3) is 0 Å². The average Bonchev–Trinajstić information content (AvgIpc) is 2.54. The summed E-state index contributed by atoms with van der Waals surface area (Å²) >= 11 is 0. The van der Waals surface area contributed by atoms with E-state index in [9.17, 15) is 9.59 Å². The van der Waals surface area contributed by atoms with Gasteiger partial charge in [-0.05, 0) is 31.5 Å². The van der Waals surface area contributed by atoms with E-state index in [2.05, 4.69) is 10.3 Å². The van der Waals surface area contributed by atoms with Crippen molar-refractivity contribution in [2.24, 2.45) is 0 Å². The minimum Gasteiger partial charge on any atom is -0.497 e. The Morgan fingerprint density at radius 2 is 1.92 bits per heavy atom. The third-order valence-electron chi connectivity index (χ3n) is 3.80. The van der Waals surface area contributed by atoms with Crippen LogP contribution in [0.5, 0.6) is 11.5 Å². The summed E-state index contributed by atoms with van der Waals surface area (Å²) in [5.41, 5.74) is 2.81. The number of aromatic nitrogens is 1. The smallest absolute Gasteiger partial charge is 0.253 e. The number of hydrogen-bond acceptors (Lipinski definition) is 4. The fourth-order valence-electron chi connectivity index (χ4n) is 2.52. The van der Waals surface area contributed by atoms with Crippen LogP contribution >= 0.6 is 0 Å². The zero-order valence-corrected chi connectivity index (χ0v) is 14.4. The minimum absolute atomic E-state index is 0.163. The van der Waals surface area contributed by atoms with Crippen molar-refractivity contribution in [3.8, 4) is 11.5 Å². The van der Waals surface area contributed by atoms with Crippen molar-refractivity contribution in [2.45, 2.75) is 26.8 Å². The highest BCUT2D eigenvalue weighted by atomic mass is 16.5. The molecule has 0 atom stereocenters. The van der Waals surface area contributed by atoms with Gasteiger partial charge in [0.05, 0.1) is 20.6 Å². The van der Waals surface area contributed by atoms with Crippen LogP contribution in [-0.2, 0) is 17.8 Å². The average molecular weight is 330 g/mol. The molecule has 2 N–H and O–H groups in total. The quantitative estimate of drug-likeness (QED) is 0.847. The number of ether oxygens (including phenoxy) is 2. The molecule has 0 aliphatic heterocycles. The number of aryl methyl sites for hydroxylation is 2. The van der Waals surface area contributed by atoms with Gasteiger partial charge in [0.25, 0.3) is 5.56 Å². The molecule has 2 aromatic rings. The molecule has 0 aliphatic rings. The largest absolute Gasteiger partial charge is 0.497 e. The van der Waals surface area contributed by atoms with Crippen LogP contribution in [0, 0.1) is 13.8 Å². The lowest BCUT2D eigenvalue weighted by Crippen LogP contribution is -2.29. The number of nitrogens with one attached hydrogen (secondary N) is 2. The number of carbonyl (C=O) groups excluding carboxylic acids is 1. The van der Waals surface area contributed by atoms with Crippen molar-refractivity contribution < 1.29 is 14.3 Å². The van der Waals surface area contributed by atoms with Crippen LogP contribution in [0.4, 0.5) is 0 Å². The first-order chi connectivity index (χ1) is 11.4. The Bertz CT molecular complexity index is 796. The Balaban J connectivity index is 2.06. The second-order valence-electron chi connectivity index (χ2n) is 5.57. The van der Waals surface area contributed by atoms with Gasteiger partial charge in [-0.25, -0.2) is 0 Å². The van der Waals surface area contributed by atoms with E-state index >= 15 is 0 Å². The van der Waals surface area contributed by atoms with E-state index < -0.39 is 0 Å². The number of hydrogen-bond donors (Lipinski definition) is 2. The Labute approximate surface area is 140 Å². The van der Waals surface area contributed by atoms with Crippen LogP contribution in [0.3, 0.4) is 0 Å². The van der Waals surface area contributed by atoms with E-state index in [1.54, 1.807) is 32.4 Å². The number of aromatic amines is 1. The number of amides is 1. The van der Waals surface area contributed by atoms with Crippen LogP contribution in [0.1, 0.15) is 22.4 Å². The van der Waals surface area contributed by atoms with Gasteiger partial charge in [0.15, 0.2) is 0 Å². The summed E-state index contributed by atoms with van der Waals surface area (Å²) in [6, 6.07) is 7.19. The minimum atomic E-state index is -0.183. The molecule has 0 fully saturated rings. The summed E-state index contributed by atoms with van der Waals surface area (Å²) in [5, 5.41) is 2.78. The SMILES string of the molecule is COc1ccc(CC(=O)NCc2c(C)cc(C)[nH]c2=O)c(OC)c1. The molecule has 1 aromatic carbocycles. The highest BCUT2D eigenvalue weighted by Gasteiger charge is 2.11. The van der Waals surface area contributed by atoms with E-state index in [0.717, 1.165) is 16.8 Å². The summed E-state index contributed by atoms with van der Waals surface area (Å²) in [4.78, 5) is 26.9. The number of methoxy groups -OCH3 is 2. The van der Waals surface area contributed by atoms with E-state index in [1.807, 2.05) is 19.9 Å². The highest BCUT2D eigenvalue weighted by Crippen LogP contribution is 2.24. The molecule has 2 rings (SSSR count). The molecule has 0 radical (unpaired) electrons. The van der Waals surface area contributed by atoms with Crippen LogP contribution in [0.15, 0.2) is 29.1 Å². The molecule has 6 nitrogen and oxygen atoms in total. The molecule has 24 heavy (non-hydrogen) atoms. The van der Waals surface area contributed by atoms with Crippen LogP contribution in [0.2, 0.25) is 0 Å². The van der Waals surface area contributed by atoms with Gasteiger partial charge in [-0.1, -0.05) is 6.07 Å². The summed E-state index contributed by atoms with van der Waals surface area (Å²) < 4.78 is 10.4. The van der Waals surface area contributed by atoms with Gasteiger partial charge in [0.2, 0.25) is 5.91 Å². The third kappa shape index (κ3) is 4.16. The maximum atomic E-state index is 12.2. The van der Waals surface area contributed by atoms with Crippen molar-refractivity contribution in [3.63, 3.8) is 0 Å². The number of carbonyl (C=O) groups is 1. The van der Waals surface area contributed by atoms with Crippen molar-refractivity contribution in [3.05, 3.63) is 57.0 Å². The Morgan fingerprint density at radius 3 is 2.54 bits per heavy atom. The van der Waals surface area contributed by atoms with Crippen molar-refractivity contribution >= 4 is 5.91 Å². The van der Waals surface area contributed by atoms with E-state index in [4.69, 9.17) is 9.47 Å². The standard InChI is InChI=1S/C18H22N2O4/c1-11-7-12(2)20-18(22)15(11)10-19-17(21)8-13-5-6-14(23-3)9-16(13)24-4/h5-7,9H,8,10H2,1-4H3,(H,19,21)(H,20,22). The lowest BCUT2D eigenvalue weighted by molar-refractivity contribution is -0.120. The number of H-pyrrole nitrogens is 1. The van der Waals surface area contributed by atoms with Gasteiger partial charge in [-0.3, -0.25) is 9.59 Å². The zero-order valence-electron chi connectivity index (χ0n) is 14.4. The fourth-order valence-corrected chi connectivity index (χ4v) is 2.52. The summed E-state index contributed by atoms with van der Waals surface area (Å²) in [7, 11) is 3.12. The molecule has 1 amide bonds. The topological polar surface area (TPSA) is 80.4 Å². The van der Waals surface area contributed by atoms with Gasteiger partial charge in [0.1, 0.15) is 11.5 Å². The Hall–Kier alpha value is -2.76. The van der Waals surface area contributed by atoms with Crippen molar-refractivity contribution in [1.29, 1.82) is 0 Å². The van der Waals surface area contributed by atoms with Gasteiger partial charge in [-0.2, -0.15) is 0 Å². The zero-order chi connectivity index (χ0) is 17.7. The summed E-state index contributed by atoms with van der Waals surface area (Å²) in [6.45, 7) is 3.88. The Kier molecular flexibility index (Phi) is 5.63. The van der Waals surface area contributed by atoms with E-state index in [0.29, 0.717) is 17.1 Å². The van der Waals surface area contributed by atoms with Crippen LogP contribution in [-0.4, -0.2) is 25.1 Å². The first-order valence-corrected chi connectivity index (χ1v) is 7.61. The molecule has 0 aliphatic carbocycles.